The number of benzene rings is 1. The van der Waals surface area contributed by atoms with Gasteiger partial charge in [-0.15, -0.1) is 0 Å². The first-order valence-corrected chi connectivity index (χ1v) is 11.1. The van der Waals surface area contributed by atoms with Crippen LogP contribution in [0, 0.1) is 6.92 Å². The molecule has 0 aliphatic carbocycles. The number of aromatic nitrogens is 7. The number of hydrogen-bond acceptors (Lipinski definition) is 8. The molecule has 1 atom stereocenters. The summed E-state index contributed by atoms with van der Waals surface area (Å²) < 4.78 is 4.84. The fourth-order valence-electron chi connectivity index (χ4n) is 4.12. The van der Waals surface area contributed by atoms with E-state index in [1.807, 2.05) is 50.2 Å². The van der Waals surface area contributed by atoms with E-state index in [-0.39, 0.29) is 18.0 Å². The molecular weight excluding hydrogens is 446 g/mol. The lowest BCUT2D eigenvalue weighted by Gasteiger charge is -2.21. The highest BCUT2D eigenvalue weighted by Gasteiger charge is 2.22. The standard InChI is InChI=1S/C24H25N9O2/c1-15-8-9-32-20(15)24(35)33(18-6-4-3-5-7-18)23(30-32)16(2)29-22-19(21(25)26-14-27-22)17-12-28-31(13-17)10-11-34/h3-9,12-14,16,34H,10-11H2,1-2H3,(H3,25,26,27,29)/t16-/m0/s1. The lowest BCUT2D eigenvalue weighted by molar-refractivity contribution is 0.269. The first kappa shape index (κ1) is 22.3. The Bertz CT molecular complexity index is 1550. The van der Waals surface area contributed by atoms with Gasteiger partial charge in [0.1, 0.15) is 23.5 Å². The van der Waals surface area contributed by atoms with E-state index in [1.165, 1.54) is 6.33 Å². The van der Waals surface area contributed by atoms with Gasteiger partial charge in [0.05, 0.1) is 36.6 Å². The van der Waals surface area contributed by atoms with Gasteiger partial charge in [-0.1, -0.05) is 18.2 Å². The van der Waals surface area contributed by atoms with Crippen molar-refractivity contribution in [3.63, 3.8) is 0 Å². The zero-order valence-electron chi connectivity index (χ0n) is 19.3. The van der Waals surface area contributed by atoms with Crippen LogP contribution in [0.4, 0.5) is 11.6 Å². The fourth-order valence-corrected chi connectivity index (χ4v) is 4.12. The van der Waals surface area contributed by atoms with Crippen LogP contribution in [0.25, 0.3) is 22.3 Å². The van der Waals surface area contributed by atoms with Crippen molar-refractivity contribution in [3.05, 3.63) is 83.1 Å². The van der Waals surface area contributed by atoms with Crippen molar-refractivity contribution >= 4 is 17.2 Å². The van der Waals surface area contributed by atoms with Gasteiger partial charge in [0.25, 0.3) is 5.56 Å². The second-order valence-corrected chi connectivity index (χ2v) is 8.19. The first-order chi connectivity index (χ1) is 17.0. The lowest BCUT2D eigenvalue weighted by atomic mass is 10.1. The van der Waals surface area contributed by atoms with Gasteiger partial charge < -0.3 is 16.2 Å². The van der Waals surface area contributed by atoms with Gasteiger partial charge in [0, 0.05) is 18.0 Å². The largest absolute Gasteiger partial charge is 0.394 e. The van der Waals surface area contributed by atoms with Crippen molar-refractivity contribution in [1.29, 1.82) is 0 Å². The zero-order valence-corrected chi connectivity index (χ0v) is 19.3. The van der Waals surface area contributed by atoms with Crippen LogP contribution in [0.2, 0.25) is 0 Å². The summed E-state index contributed by atoms with van der Waals surface area (Å²) in [6, 6.07) is 10.8. The highest BCUT2D eigenvalue weighted by Crippen LogP contribution is 2.32. The van der Waals surface area contributed by atoms with Crippen LogP contribution in [0.1, 0.15) is 24.4 Å². The Labute approximate surface area is 200 Å². The van der Waals surface area contributed by atoms with Crippen LogP contribution >= 0.6 is 0 Å². The van der Waals surface area contributed by atoms with E-state index >= 15 is 0 Å². The smallest absolute Gasteiger partial charge is 0.282 e. The third-order valence-corrected chi connectivity index (χ3v) is 5.80. The molecule has 0 unspecified atom stereocenters. The number of rotatable bonds is 7. The second kappa shape index (κ2) is 9.03. The molecule has 0 bridgehead atoms. The fraction of sp³-hybridized carbons (Fsp3) is 0.208. The van der Waals surface area contributed by atoms with Crippen molar-refractivity contribution in [3.8, 4) is 16.8 Å². The number of nitrogens with one attached hydrogen (secondary N) is 1. The molecule has 0 aliphatic rings. The Morgan fingerprint density at radius 1 is 1.17 bits per heavy atom. The van der Waals surface area contributed by atoms with Gasteiger partial charge >= 0.3 is 0 Å². The van der Waals surface area contributed by atoms with Crippen molar-refractivity contribution in [2.45, 2.75) is 26.4 Å². The number of nitrogen functional groups attached to an aromatic ring is 1. The van der Waals surface area contributed by atoms with Crippen LogP contribution in [0.5, 0.6) is 0 Å². The number of aliphatic hydroxyl groups is 1. The number of fused-ring (bicyclic) bond motifs is 1. The molecular formula is C24H25N9O2. The average molecular weight is 472 g/mol. The minimum atomic E-state index is -0.435. The van der Waals surface area contributed by atoms with E-state index in [9.17, 15) is 9.90 Å². The predicted octanol–water partition coefficient (Wildman–Crippen LogP) is 2.19. The summed E-state index contributed by atoms with van der Waals surface area (Å²) in [5, 5.41) is 21.6. The van der Waals surface area contributed by atoms with Crippen LogP contribution in [-0.4, -0.2) is 45.6 Å². The van der Waals surface area contributed by atoms with Crippen molar-refractivity contribution in [1.82, 2.24) is 33.9 Å². The minimum Gasteiger partial charge on any atom is -0.394 e. The van der Waals surface area contributed by atoms with E-state index in [0.717, 1.165) is 5.56 Å². The molecule has 0 amide bonds. The summed E-state index contributed by atoms with van der Waals surface area (Å²) in [6.45, 7) is 4.12. The van der Waals surface area contributed by atoms with Crippen molar-refractivity contribution in [2.24, 2.45) is 0 Å². The van der Waals surface area contributed by atoms with Gasteiger partial charge in [-0.05, 0) is 37.6 Å². The number of hydrogen-bond donors (Lipinski definition) is 3. The van der Waals surface area contributed by atoms with Crippen LogP contribution in [-0.2, 0) is 6.54 Å². The molecule has 11 nitrogen and oxygen atoms in total. The summed E-state index contributed by atoms with van der Waals surface area (Å²) in [6.07, 6.45) is 6.57. The SMILES string of the molecule is Cc1ccn2nc([C@H](C)Nc3ncnc(N)c3-c3cnn(CCO)c3)n(-c3ccccc3)c(=O)c12. The molecule has 5 rings (SSSR count). The molecule has 0 saturated heterocycles. The molecule has 0 saturated carbocycles. The van der Waals surface area contributed by atoms with Gasteiger partial charge in [-0.2, -0.15) is 10.2 Å². The normalized spacial score (nSPS) is 12.2. The Morgan fingerprint density at radius 2 is 1.97 bits per heavy atom. The Balaban J connectivity index is 1.62. The van der Waals surface area contributed by atoms with E-state index in [4.69, 9.17) is 10.8 Å². The number of nitrogens with zero attached hydrogens (tertiary/aromatic N) is 7. The number of aliphatic hydroxyl groups excluding tert-OH is 1. The van der Waals surface area contributed by atoms with Gasteiger partial charge in [0.15, 0.2) is 5.82 Å². The minimum absolute atomic E-state index is 0.0337. The quantitative estimate of drug-likeness (QED) is 0.328. The molecule has 178 valence electrons. The zero-order chi connectivity index (χ0) is 24.5. The lowest BCUT2D eigenvalue weighted by Crippen LogP contribution is -2.29. The Morgan fingerprint density at radius 3 is 2.74 bits per heavy atom. The third kappa shape index (κ3) is 4.02. The van der Waals surface area contributed by atoms with Gasteiger partial charge in [-0.3, -0.25) is 14.0 Å². The summed E-state index contributed by atoms with van der Waals surface area (Å²) in [4.78, 5) is 22.1. The monoisotopic (exact) mass is 471 g/mol. The summed E-state index contributed by atoms with van der Waals surface area (Å²) in [5.74, 6) is 1.26. The Hall–Kier alpha value is -4.51. The second-order valence-electron chi connectivity index (χ2n) is 8.19. The van der Waals surface area contributed by atoms with Crippen molar-refractivity contribution in [2.75, 3.05) is 17.7 Å². The summed E-state index contributed by atoms with van der Waals surface area (Å²) >= 11 is 0. The maximum atomic E-state index is 13.6. The van der Waals surface area contributed by atoms with Gasteiger partial charge in [-0.25, -0.2) is 14.5 Å². The number of anilines is 2. The molecule has 0 aliphatic heterocycles. The molecule has 11 heteroatoms. The van der Waals surface area contributed by atoms with E-state index < -0.39 is 6.04 Å². The maximum Gasteiger partial charge on any atom is 0.282 e. The highest BCUT2D eigenvalue weighted by molar-refractivity contribution is 5.82. The highest BCUT2D eigenvalue weighted by atomic mass is 16.3. The maximum absolute atomic E-state index is 13.6. The molecule has 4 N–H and O–H groups in total. The molecule has 1 aromatic carbocycles. The summed E-state index contributed by atoms with van der Waals surface area (Å²) in [7, 11) is 0. The molecule has 4 aromatic heterocycles. The van der Waals surface area contributed by atoms with Crippen molar-refractivity contribution < 1.29 is 5.11 Å². The molecule has 4 heterocycles. The van der Waals surface area contributed by atoms with E-state index in [1.54, 1.807) is 32.4 Å². The van der Waals surface area contributed by atoms with E-state index in [2.05, 4.69) is 20.4 Å². The molecule has 35 heavy (non-hydrogen) atoms. The summed E-state index contributed by atoms with van der Waals surface area (Å²) in [5.41, 5.74) is 9.43. The molecule has 0 radical (unpaired) electrons. The topological polar surface area (TPSA) is 141 Å². The van der Waals surface area contributed by atoms with Gasteiger partial charge in [0.2, 0.25) is 0 Å². The number of nitrogens with two attached hydrogens (primary N) is 1. The molecule has 5 aromatic rings. The number of para-hydroxylation sites is 1. The average Bonchev–Trinajstić information content (AvgIpc) is 3.46. The first-order valence-electron chi connectivity index (χ1n) is 11.1. The van der Waals surface area contributed by atoms with Crippen LogP contribution in [0.15, 0.2) is 66.1 Å². The molecule has 0 spiro atoms. The third-order valence-electron chi connectivity index (χ3n) is 5.80. The van der Waals surface area contributed by atoms with Crippen LogP contribution < -0.4 is 16.6 Å². The molecule has 0 fully saturated rings. The number of aryl methyl sites for hydroxylation is 1. The van der Waals surface area contributed by atoms with Crippen LogP contribution in [0.3, 0.4) is 0 Å². The predicted molar refractivity (Wildman–Crippen MR) is 132 cm³/mol. The van der Waals surface area contributed by atoms with E-state index in [0.29, 0.717) is 40.5 Å². The Kier molecular flexibility index (Phi) is 5.75.